The van der Waals surface area contributed by atoms with Crippen LogP contribution in [0.3, 0.4) is 0 Å². The second-order valence-corrected chi connectivity index (χ2v) is 3.84. The number of nitrogens with zero attached hydrogens (tertiary/aromatic N) is 1. The minimum absolute atomic E-state index is 0.211. The summed E-state index contributed by atoms with van der Waals surface area (Å²) in [6.45, 7) is 6.52. The quantitative estimate of drug-likeness (QED) is 0.736. The van der Waals surface area contributed by atoms with E-state index in [4.69, 9.17) is 9.15 Å². The van der Waals surface area contributed by atoms with Crippen LogP contribution in [0.25, 0.3) is 0 Å². The summed E-state index contributed by atoms with van der Waals surface area (Å²) in [6, 6.07) is -0.285. The number of oxazole rings is 1. The van der Waals surface area contributed by atoms with Crippen LogP contribution in [0.2, 0.25) is 0 Å². The zero-order valence-electron chi connectivity index (χ0n) is 10.7. The summed E-state index contributed by atoms with van der Waals surface area (Å²) in [4.78, 5) is 15.7. The molecule has 0 amide bonds. The summed E-state index contributed by atoms with van der Waals surface area (Å²) >= 11 is 0. The van der Waals surface area contributed by atoms with Gasteiger partial charge < -0.3 is 9.15 Å². The fraction of sp³-hybridized carbons (Fsp3) is 0.667. The highest BCUT2D eigenvalue weighted by Gasteiger charge is 2.18. The van der Waals surface area contributed by atoms with Crippen molar-refractivity contribution in [3.8, 4) is 0 Å². The molecule has 1 unspecified atom stereocenters. The molecule has 1 rings (SSSR count). The molecule has 17 heavy (non-hydrogen) atoms. The van der Waals surface area contributed by atoms with Crippen molar-refractivity contribution in [3.05, 3.63) is 17.8 Å². The monoisotopic (exact) mass is 240 g/mol. The van der Waals surface area contributed by atoms with Gasteiger partial charge in [0.25, 0.3) is 0 Å². The highest BCUT2D eigenvalue weighted by molar-refractivity contribution is 5.75. The van der Waals surface area contributed by atoms with Gasteiger partial charge in [0.15, 0.2) is 0 Å². The molecule has 1 heterocycles. The topological polar surface area (TPSA) is 64.4 Å². The van der Waals surface area contributed by atoms with Gasteiger partial charge in [-0.15, -0.1) is 0 Å². The molecule has 0 fully saturated rings. The van der Waals surface area contributed by atoms with E-state index >= 15 is 0 Å². The molecule has 0 aliphatic heterocycles. The predicted molar refractivity (Wildman–Crippen MR) is 63.4 cm³/mol. The van der Waals surface area contributed by atoms with Gasteiger partial charge in [-0.05, 0) is 20.3 Å². The number of hydrogen-bond donors (Lipinski definition) is 1. The molecule has 0 aromatic carbocycles. The molecule has 0 aliphatic carbocycles. The molecule has 0 saturated heterocycles. The molecular weight excluding hydrogens is 220 g/mol. The van der Waals surface area contributed by atoms with Gasteiger partial charge in [-0.25, -0.2) is 4.98 Å². The van der Waals surface area contributed by atoms with E-state index in [0.717, 1.165) is 18.6 Å². The number of aromatic nitrogens is 1. The van der Waals surface area contributed by atoms with Crippen LogP contribution in [-0.4, -0.2) is 23.6 Å². The Morgan fingerprint density at radius 2 is 2.35 bits per heavy atom. The van der Waals surface area contributed by atoms with Crippen LogP contribution >= 0.6 is 0 Å². The Kier molecular flexibility index (Phi) is 5.69. The molecule has 5 heteroatoms. The van der Waals surface area contributed by atoms with Crippen LogP contribution in [-0.2, 0) is 16.1 Å². The van der Waals surface area contributed by atoms with Crippen LogP contribution in [0.15, 0.2) is 10.6 Å². The SMILES string of the molecule is CCCC(NCc1ncc(C)o1)C(=O)OCC. The lowest BCUT2D eigenvalue weighted by Gasteiger charge is -2.15. The minimum atomic E-state index is -0.285. The van der Waals surface area contributed by atoms with E-state index in [1.54, 1.807) is 13.1 Å². The Morgan fingerprint density at radius 3 is 2.88 bits per heavy atom. The molecule has 5 nitrogen and oxygen atoms in total. The zero-order chi connectivity index (χ0) is 12.7. The lowest BCUT2D eigenvalue weighted by atomic mass is 10.1. The first kappa shape index (κ1) is 13.7. The second kappa shape index (κ2) is 7.06. The third-order valence-corrected chi connectivity index (χ3v) is 2.32. The molecule has 0 aliphatic rings. The second-order valence-electron chi connectivity index (χ2n) is 3.84. The Morgan fingerprint density at radius 1 is 1.59 bits per heavy atom. The third kappa shape index (κ3) is 4.56. The molecule has 1 aromatic heterocycles. The highest BCUT2D eigenvalue weighted by Crippen LogP contribution is 2.04. The van der Waals surface area contributed by atoms with E-state index in [-0.39, 0.29) is 12.0 Å². The Balaban J connectivity index is 2.46. The van der Waals surface area contributed by atoms with Crippen LogP contribution in [0, 0.1) is 6.92 Å². The summed E-state index contributed by atoms with van der Waals surface area (Å²) in [5.74, 6) is 1.15. The fourth-order valence-electron chi connectivity index (χ4n) is 1.53. The average Bonchev–Trinajstić information content (AvgIpc) is 2.70. The van der Waals surface area contributed by atoms with Gasteiger partial charge in [0.2, 0.25) is 5.89 Å². The average molecular weight is 240 g/mol. The van der Waals surface area contributed by atoms with Crippen LogP contribution in [0.5, 0.6) is 0 Å². The Bertz CT molecular complexity index is 349. The van der Waals surface area contributed by atoms with Gasteiger partial charge >= 0.3 is 5.97 Å². The van der Waals surface area contributed by atoms with Crippen LogP contribution in [0.1, 0.15) is 38.3 Å². The van der Waals surface area contributed by atoms with E-state index in [0.29, 0.717) is 19.0 Å². The van der Waals surface area contributed by atoms with E-state index in [1.807, 2.05) is 13.8 Å². The van der Waals surface area contributed by atoms with E-state index in [1.165, 1.54) is 0 Å². The predicted octanol–water partition coefficient (Wildman–Crippen LogP) is 1.80. The summed E-state index contributed by atoms with van der Waals surface area (Å²) in [6.07, 6.45) is 3.33. The molecule has 1 N–H and O–H groups in total. The maximum absolute atomic E-state index is 11.6. The number of hydrogen-bond acceptors (Lipinski definition) is 5. The fourth-order valence-corrected chi connectivity index (χ4v) is 1.53. The summed E-state index contributed by atoms with van der Waals surface area (Å²) in [7, 11) is 0. The molecule has 1 atom stereocenters. The summed E-state index contributed by atoms with van der Waals surface area (Å²) in [5.41, 5.74) is 0. The van der Waals surface area contributed by atoms with Crippen molar-refractivity contribution >= 4 is 5.97 Å². The molecule has 0 saturated carbocycles. The Labute approximate surface area is 102 Å². The molecular formula is C12H20N2O3. The normalized spacial score (nSPS) is 12.4. The first-order valence-corrected chi connectivity index (χ1v) is 5.98. The molecule has 0 spiro atoms. The van der Waals surface area contributed by atoms with Gasteiger partial charge in [0.05, 0.1) is 19.3 Å². The van der Waals surface area contributed by atoms with Crippen LogP contribution < -0.4 is 5.32 Å². The molecule has 0 bridgehead atoms. The van der Waals surface area contributed by atoms with Crippen molar-refractivity contribution in [2.24, 2.45) is 0 Å². The standard InChI is InChI=1S/C12H20N2O3/c1-4-6-10(12(15)16-5-2)13-8-11-14-7-9(3)17-11/h7,10,13H,4-6,8H2,1-3H3. The van der Waals surface area contributed by atoms with Crippen molar-refractivity contribution in [3.63, 3.8) is 0 Å². The first-order chi connectivity index (χ1) is 8.17. The van der Waals surface area contributed by atoms with Gasteiger partial charge in [0.1, 0.15) is 11.8 Å². The van der Waals surface area contributed by atoms with Gasteiger partial charge in [-0.1, -0.05) is 13.3 Å². The first-order valence-electron chi connectivity index (χ1n) is 5.98. The third-order valence-electron chi connectivity index (χ3n) is 2.32. The van der Waals surface area contributed by atoms with Crippen molar-refractivity contribution in [1.29, 1.82) is 0 Å². The van der Waals surface area contributed by atoms with E-state index in [2.05, 4.69) is 10.3 Å². The summed E-state index contributed by atoms with van der Waals surface area (Å²) < 4.78 is 10.3. The largest absolute Gasteiger partial charge is 0.465 e. The number of carbonyl (C=O) groups is 1. The van der Waals surface area contributed by atoms with Crippen molar-refractivity contribution < 1.29 is 13.9 Å². The highest BCUT2D eigenvalue weighted by atomic mass is 16.5. The number of aryl methyl sites for hydroxylation is 1. The van der Waals surface area contributed by atoms with Crippen molar-refractivity contribution in [2.75, 3.05) is 6.61 Å². The lowest BCUT2D eigenvalue weighted by molar-refractivity contribution is -0.145. The lowest BCUT2D eigenvalue weighted by Crippen LogP contribution is -2.37. The van der Waals surface area contributed by atoms with Crippen molar-refractivity contribution in [1.82, 2.24) is 10.3 Å². The van der Waals surface area contributed by atoms with E-state index in [9.17, 15) is 4.79 Å². The number of rotatable bonds is 7. The van der Waals surface area contributed by atoms with Gasteiger partial charge in [-0.2, -0.15) is 0 Å². The maximum Gasteiger partial charge on any atom is 0.323 e. The number of carbonyl (C=O) groups excluding carboxylic acids is 1. The zero-order valence-corrected chi connectivity index (χ0v) is 10.7. The van der Waals surface area contributed by atoms with Gasteiger partial charge in [0, 0.05) is 0 Å². The number of ether oxygens (including phenoxy) is 1. The number of esters is 1. The smallest absolute Gasteiger partial charge is 0.323 e. The maximum atomic E-state index is 11.6. The molecule has 96 valence electrons. The summed E-state index contributed by atoms with van der Waals surface area (Å²) in [5, 5.41) is 3.10. The number of nitrogens with one attached hydrogen (secondary N) is 1. The minimum Gasteiger partial charge on any atom is -0.465 e. The van der Waals surface area contributed by atoms with E-state index < -0.39 is 0 Å². The molecule has 0 radical (unpaired) electrons. The van der Waals surface area contributed by atoms with Crippen LogP contribution in [0.4, 0.5) is 0 Å². The Hall–Kier alpha value is -1.36. The molecule has 1 aromatic rings. The van der Waals surface area contributed by atoms with Crippen molar-refractivity contribution in [2.45, 2.75) is 46.2 Å². The van der Waals surface area contributed by atoms with Gasteiger partial charge in [-0.3, -0.25) is 10.1 Å².